The van der Waals surface area contributed by atoms with Crippen LogP contribution in [0, 0.1) is 0 Å². The smallest absolute Gasteiger partial charge is 0.308 e. The van der Waals surface area contributed by atoms with Gasteiger partial charge in [0.25, 0.3) is 0 Å². The summed E-state index contributed by atoms with van der Waals surface area (Å²) in [7, 11) is 0. The van der Waals surface area contributed by atoms with Crippen molar-refractivity contribution in [2.24, 2.45) is 5.84 Å². The van der Waals surface area contributed by atoms with E-state index in [0.717, 1.165) is 5.39 Å². The summed E-state index contributed by atoms with van der Waals surface area (Å²) in [6.45, 7) is 1.23. The Morgan fingerprint density at radius 2 is 2.14 bits per heavy atom. The number of hydrogen-bond donors (Lipinski definition) is 2. The van der Waals surface area contributed by atoms with E-state index in [1.165, 1.54) is 16.2 Å². The van der Waals surface area contributed by atoms with Gasteiger partial charge in [-0.2, -0.15) is 13.2 Å². The molecule has 0 aliphatic carbocycles. The van der Waals surface area contributed by atoms with Crippen molar-refractivity contribution in [3.8, 4) is 0 Å². The van der Waals surface area contributed by atoms with Crippen molar-refractivity contribution in [1.29, 1.82) is 0 Å². The van der Waals surface area contributed by atoms with Crippen molar-refractivity contribution in [2.45, 2.75) is 26.1 Å². The summed E-state index contributed by atoms with van der Waals surface area (Å²) in [5.41, 5.74) is 2.46. The summed E-state index contributed by atoms with van der Waals surface area (Å²) in [5.74, 6) is 6.17. The minimum Gasteiger partial charge on any atom is -0.308 e. The maximum Gasteiger partial charge on any atom is 0.401 e. The molecule has 0 aliphatic heterocycles. The van der Waals surface area contributed by atoms with Gasteiger partial charge in [0.2, 0.25) is 0 Å². The fourth-order valence-electron chi connectivity index (χ4n) is 2.06. The molecule has 5 nitrogen and oxygen atoms in total. The third kappa shape index (κ3) is 4.26. The second-order valence-electron chi connectivity index (χ2n) is 4.60. The number of alkyl halides is 3. The molecule has 0 aromatic carbocycles. The van der Waals surface area contributed by atoms with Gasteiger partial charge >= 0.3 is 6.18 Å². The van der Waals surface area contributed by atoms with Gasteiger partial charge in [0.1, 0.15) is 10.7 Å². The van der Waals surface area contributed by atoms with Crippen molar-refractivity contribution >= 4 is 27.4 Å². The molecule has 2 heterocycles. The topological polar surface area (TPSA) is 67.1 Å². The molecule has 9 heteroatoms. The SMILES string of the molecule is CCCN(Cc1nc(NN)c2ccsc2n1)CC(F)(F)F. The summed E-state index contributed by atoms with van der Waals surface area (Å²) in [6.07, 6.45) is -3.61. The Balaban J connectivity index is 2.23. The lowest BCUT2D eigenvalue weighted by Crippen LogP contribution is -2.35. The minimum atomic E-state index is -4.24. The van der Waals surface area contributed by atoms with Gasteiger partial charge < -0.3 is 5.43 Å². The molecular formula is C12H16F3N5S. The van der Waals surface area contributed by atoms with Gasteiger partial charge in [0, 0.05) is 0 Å². The van der Waals surface area contributed by atoms with Crippen LogP contribution in [-0.2, 0) is 6.54 Å². The summed E-state index contributed by atoms with van der Waals surface area (Å²) in [5, 5.41) is 2.60. The molecule has 2 rings (SSSR count). The number of nitrogens with one attached hydrogen (secondary N) is 1. The first-order chi connectivity index (χ1) is 9.93. The van der Waals surface area contributed by atoms with Crippen LogP contribution in [0.15, 0.2) is 11.4 Å². The van der Waals surface area contributed by atoms with E-state index in [-0.39, 0.29) is 6.54 Å². The molecule has 0 bridgehead atoms. The van der Waals surface area contributed by atoms with Gasteiger partial charge in [-0.15, -0.1) is 11.3 Å². The lowest BCUT2D eigenvalue weighted by Gasteiger charge is -2.22. The van der Waals surface area contributed by atoms with Crippen molar-refractivity contribution in [3.63, 3.8) is 0 Å². The summed E-state index contributed by atoms with van der Waals surface area (Å²) < 4.78 is 37.7. The van der Waals surface area contributed by atoms with Crippen LogP contribution in [0.1, 0.15) is 19.2 Å². The van der Waals surface area contributed by atoms with E-state index in [4.69, 9.17) is 5.84 Å². The third-order valence-electron chi connectivity index (χ3n) is 2.82. The van der Waals surface area contributed by atoms with E-state index in [0.29, 0.717) is 29.4 Å². The molecule has 0 unspecified atom stereocenters. The van der Waals surface area contributed by atoms with Crippen LogP contribution in [0.2, 0.25) is 0 Å². The Labute approximate surface area is 123 Å². The highest BCUT2D eigenvalue weighted by Gasteiger charge is 2.30. The fourth-order valence-corrected chi connectivity index (χ4v) is 2.85. The summed E-state index contributed by atoms with van der Waals surface area (Å²) in [4.78, 5) is 10.5. The van der Waals surface area contributed by atoms with E-state index >= 15 is 0 Å². The number of fused-ring (bicyclic) bond motifs is 1. The first-order valence-electron chi connectivity index (χ1n) is 6.42. The molecule has 2 aromatic heterocycles. The molecule has 0 amide bonds. The van der Waals surface area contributed by atoms with Crippen LogP contribution in [0.5, 0.6) is 0 Å². The van der Waals surface area contributed by atoms with E-state index in [1.54, 1.807) is 0 Å². The predicted molar refractivity (Wildman–Crippen MR) is 76.8 cm³/mol. The van der Waals surface area contributed by atoms with Crippen molar-refractivity contribution in [1.82, 2.24) is 14.9 Å². The number of nitrogens with zero attached hydrogens (tertiary/aromatic N) is 3. The number of anilines is 1. The maximum absolute atomic E-state index is 12.6. The van der Waals surface area contributed by atoms with Gasteiger partial charge in [-0.05, 0) is 24.4 Å². The number of nitrogens with two attached hydrogens (primary N) is 1. The van der Waals surface area contributed by atoms with Crippen LogP contribution >= 0.6 is 11.3 Å². The molecular weight excluding hydrogens is 303 g/mol. The van der Waals surface area contributed by atoms with Gasteiger partial charge in [-0.3, -0.25) is 4.90 Å². The lowest BCUT2D eigenvalue weighted by atomic mass is 10.3. The molecule has 2 aromatic rings. The van der Waals surface area contributed by atoms with Crippen LogP contribution in [0.4, 0.5) is 19.0 Å². The van der Waals surface area contributed by atoms with E-state index < -0.39 is 12.7 Å². The number of thiophene rings is 1. The van der Waals surface area contributed by atoms with Gasteiger partial charge in [0.05, 0.1) is 18.5 Å². The van der Waals surface area contributed by atoms with Crippen molar-refractivity contribution in [3.05, 3.63) is 17.3 Å². The predicted octanol–water partition coefficient (Wildman–Crippen LogP) is 2.75. The average Bonchev–Trinajstić information content (AvgIpc) is 2.84. The highest BCUT2D eigenvalue weighted by Crippen LogP contribution is 2.25. The van der Waals surface area contributed by atoms with E-state index in [9.17, 15) is 13.2 Å². The molecule has 116 valence electrons. The number of hydrogen-bond acceptors (Lipinski definition) is 6. The molecule has 0 fully saturated rings. The molecule has 0 saturated carbocycles. The quantitative estimate of drug-likeness (QED) is 0.633. The van der Waals surface area contributed by atoms with Crippen molar-refractivity contribution in [2.75, 3.05) is 18.5 Å². The maximum atomic E-state index is 12.6. The van der Waals surface area contributed by atoms with Crippen LogP contribution in [-0.4, -0.2) is 34.1 Å². The first-order valence-corrected chi connectivity index (χ1v) is 7.30. The molecule has 0 aliphatic rings. The highest BCUT2D eigenvalue weighted by atomic mass is 32.1. The molecule has 21 heavy (non-hydrogen) atoms. The lowest BCUT2D eigenvalue weighted by molar-refractivity contribution is -0.147. The summed E-state index contributed by atoms with van der Waals surface area (Å²) in [6, 6.07) is 1.82. The largest absolute Gasteiger partial charge is 0.401 e. The Bertz CT molecular complexity index is 598. The third-order valence-corrected chi connectivity index (χ3v) is 3.62. The zero-order chi connectivity index (χ0) is 15.5. The number of nitrogen functional groups attached to an aromatic ring is 1. The minimum absolute atomic E-state index is 0.0376. The zero-order valence-electron chi connectivity index (χ0n) is 11.4. The Morgan fingerprint density at radius 3 is 2.76 bits per heavy atom. The molecule has 0 spiro atoms. The van der Waals surface area contributed by atoms with Gasteiger partial charge in [-0.25, -0.2) is 15.8 Å². The Kier molecular flexibility index (Phi) is 4.96. The second kappa shape index (κ2) is 6.54. The molecule has 3 N–H and O–H groups in total. The van der Waals surface area contributed by atoms with E-state index in [1.807, 2.05) is 18.4 Å². The summed E-state index contributed by atoms with van der Waals surface area (Å²) >= 11 is 1.40. The Hall–Kier alpha value is -1.45. The normalized spacial score (nSPS) is 12.3. The molecule has 0 radical (unpaired) electrons. The number of aromatic nitrogens is 2. The van der Waals surface area contributed by atoms with E-state index in [2.05, 4.69) is 15.4 Å². The number of halogens is 3. The van der Waals surface area contributed by atoms with Crippen LogP contribution in [0.3, 0.4) is 0 Å². The van der Waals surface area contributed by atoms with Crippen LogP contribution in [0.25, 0.3) is 10.2 Å². The highest BCUT2D eigenvalue weighted by molar-refractivity contribution is 7.16. The second-order valence-corrected chi connectivity index (χ2v) is 5.49. The Morgan fingerprint density at radius 1 is 1.38 bits per heavy atom. The van der Waals surface area contributed by atoms with Crippen molar-refractivity contribution < 1.29 is 13.2 Å². The zero-order valence-corrected chi connectivity index (χ0v) is 12.3. The van der Waals surface area contributed by atoms with Crippen LogP contribution < -0.4 is 11.3 Å². The number of hydrazine groups is 1. The van der Waals surface area contributed by atoms with Gasteiger partial charge in [0.15, 0.2) is 5.82 Å². The fraction of sp³-hybridized carbons (Fsp3) is 0.500. The molecule has 0 atom stereocenters. The molecule has 0 saturated heterocycles. The monoisotopic (exact) mass is 319 g/mol. The average molecular weight is 319 g/mol. The first kappa shape index (κ1) is 15.9. The standard InChI is InChI=1S/C12H16F3N5S/c1-2-4-20(7-12(13,14)15)6-9-17-10(19-16)8-3-5-21-11(8)18-9/h3,5H,2,4,6-7,16H2,1H3,(H,17,18,19). The number of rotatable bonds is 6. The van der Waals surface area contributed by atoms with Gasteiger partial charge in [-0.1, -0.05) is 6.92 Å².